The molecule has 220 valence electrons. The molecule has 2 heterocycles. The average Bonchev–Trinajstić information content (AvgIpc) is 3.32. The maximum Gasteiger partial charge on any atom is 0.390 e. The zero-order valence-corrected chi connectivity index (χ0v) is 23.4. The van der Waals surface area contributed by atoms with E-state index in [0.717, 1.165) is 13.1 Å². The highest BCUT2D eigenvalue weighted by Crippen LogP contribution is 2.31. The topological polar surface area (TPSA) is 70.6 Å². The second-order valence-electron chi connectivity index (χ2n) is 9.88. The minimum atomic E-state index is -4.33. The van der Waals surface area contributed by atoms with E-state index in [-0.39, 0.29) is 25.0 Å². The Hall–Kier alpha value is -3.91. The number of likely N-dealkylation sites (tertiary alicyclic amines) is 1. The van der Waals surface area contributed by atoms with E-state index in [1.54, 1.807) is 41.0 Å². The Bertz CT molecular complexity index is 1430. The molecule has 4 rings (SSSR count). The molecular weight excluding hydrogens is 538 g/mol. The third-order valence-electron chi connectivity index (χ3n) is 7.25. The van der Waals surface area contributed by atoms with Crippen LogP contribution < -0.4 is 20.7 Å². The number of hydrogen-bond acceptors (Lipinski definition) is 5. The summed E-state index contributed by atoms with van der Waals surface area (Å²) in [6, 6.07) is 11.7. The SMILES string of the molecule is CCN1CC[C@@H](Nc2cccc3c2cc(C#CCNc2ccc(C(=O)NC)cc2OC)n3CCC(F)(F)F)[C@@H](F)C1. The monoisotopic (exact) mass is 573 g/mol. The van der Waals surface area contributed by atoms with Gasteiger partial charge in [0.25, 0.3) is 5.91 Å². The fraction of sp³-hybridized carbons (Fsp3) is 0.433. The number of piperidine rings is 1. The van der Waals surface area contributed by atoms with Crippen LogP contribution in [0.5, 0.6) is 5.75 Å². The van der Waals surface area contributed by atoms with E-state index in [1.165, 1.54) is 14.2 Å². The molecule has 1 amide bonds. The molecule has 11 heteroatoms. The van der Waals surface area contributed by atoms with Crippen molar-refractivity contribution in [2.45, 2.75) is 44.7 Å². The van der Waals surface area contributed by atoms with Crippen LogP contribution in [0.2, 0.25) is 0 Å². The lowest BCUT2D eigenvalue weighted by molar-refractivity contribution is -0.136. The van der Waals surface area contributed by atoms with Crippen LogP contribution in [-0.2, 0) is 6.54 Å². The molecule has 1 aromatic heterocycles. The number of amides is 1. The lowest BCUT2D eigenvalue weighted by Crippen LogP contribution is -2.47. The fourth-order valence-electron chi connectivity index (χ4n) is 5.01. The molecule has 1 fully saturated rings. The van der Waals surface area contributed by atoms with Crippen LogP contribution >= 0.6 is 0 Å². The van der Waals surface area contributed by atoms with Crippen LogP contribution in [0, 0.1) is 11.8 Å². The first kappa shape index (κ1) is 30.1. The molecule has 0 aliphatic carbocycles. The summed E-state index contributed by atoms with van der Waals surface area (Å²) in [5.41, 5.74) is 2.76. The number of carbonyl (C=O) groups is 1. The third-order valence-corrected chi connectivity index (χ3v) is 7.25. The van der Waals surface area contributed by atoms with Gasteiger partial charge in [0.1, 0.15) is 11.9 Å². The van der Waals surface area contributed by atoms with E-state index in [1.807, 2.05) is 13.0 Å². The van der Waals surface area contributed by atoms with Crippen molar-refractivity contribution in [1.82, 2.24) is 14.8 Å². The van der Waals surface area contributed by atoms with Gasteiger partial charge >= 0.3 is 6.18 Å². The lowest BCUT2D eigenvalue weighted by atomic mass is 10.0. The Kier molecular flexibility index (Phi) is 9.65. The van der Waals surface area contributed by atoms with Crippen LogP contribution in [0.3, 0.4) is 0 Å². The number of nitrogens with zero attached hydrogens (tertiary/aromatic N) is 2. The van der Waals surface area contributed by atoms with Crippen LogP contribution in [0.15, 0.2) is 42.5 Å². The van der Waals surface area contributed by atoms with Crippen molar-refractivity contribution in [2.75, 3.05) is 51.0 Å². The van der Waals surface area contributed by atoms with Gasteiger partial charge in [0.15, 0.2) is 0 Å². The van der Waals surface area contributed by atoms with Gasteiger partial charge in [-0.15, -0.1) is 0 Å². The Morgan fingerprint density at radius 2 is 1.98 bits per heavy atom. The van der Waals surface area contributed by atoms with Crippen molar-refractivity contribution >= 4 is 28.2 Å². The molecule has 1 aliphatic rings. The summed E-state index contributed by atoms with van der Waals surface area (Å²) in [6.07, 6.45) is -5.76. The quantitative estimate of drug-likeness (QED) is 0.241. The summed E-state index contributed by atoms with van der Waals surface area (Å²) < 4.78 is 61.4. The van der Waals surface area contributed by atoms with E-state index in [4.69, 9.17) is 4.74 Å². The number of nitrogens with one attached hydrogen (secondary N) is 3. The van der Waals surface area contributed by atoms with Crippen LogP contribution in [0.1, 0.15) is 35.8 Å². The summed E-state index contributed by atoms with van der Waals surface area (Å²) >= 11 is 0. The van der Waals surface area contributed by atoms with Crippen molar-refractivity contribution in [3.63, 3.8) is 0 Å². The number of fused-ring (bicyclic) bond motifs is 1. The molecule has 7 nitrogen and oxygen atoms in total. The Labute approximate surface area is 237 Å². The van der Waals surface area contributed by atoms with Crippen LogP contribution in [0.25, 0.3) is 10.9 Å². The smallest absolute Gasteiger partial charge is 0.390 e. The van der Waals surface area contributed by atoms with E-state index < -0.39 is 18.8 Å². The minimum absolute atomic E-state index is 0.182. The van der Waals surface area contributed by atoms with Gasteiger partial charge in [-0.2, -0.15) is 13.2 Å². The zero-order valence-electron chi connectivity index (χ0n) is 23.4. The van der Waals surface area contributed by atoms with Gasteiger partial charge in [0, 0.05) is 43.3 Å². The van der Waals surface area contributed by atoms with E-state index in [2.05, 4.69) is 32.7 Å². The number of rotatable bonds is 9. The molecule has 3 aromatic rings. The Balaban J connectivity index is 1.58. The van der Waals surface area contributed by atoms with Gasteiger partial charge in [-0.25, -0.2) is 4.39 Å². The summed E-state index contributed by atoms with van der Waals surface area (Å²) in [4.78, 5) is 14.0. The number of aryl methyl sites for hydroxylation is 1. The molecule has 0 bridgehead atoms. The molecular formula is C30H35F4N5O2. The van der Waals surface area contributed by atoms with Crippen LogP contribution in [0.4, 0.5) is 28.9 Å². The first-order valence-electron chi connectivity index (χ1n) is 13.6. The second kappa shape index (κ2) is 13.2. The van der Waals surface area contributed by atoms with Crippen molar-refractivity contribution in [1.29, 1.82) is 0 Å². The molecule has 2 atom stereocenters. The largest absolute Gasteiger partial charge is 0.495 e. The van der Waals surface area contributed by atoms with Gasteiger partial charge in [0.05, 0.1) is 43.0 Å². The normalized spacial score (nSPS) is 17.5. The highest BCUT2D eigenvalue weighted by molar-refractivity contribution is 5.95. The molecule has 0 spiro atoms. The highest BCUT2D eigenvalue weighted by Gasteiger charge is 2.30. The van der Waals surface area contributed by atoms with Gasteiger partial charge in [0.2, 0.25) is 0 Å². The van der Waals surface area contributed by atoms with Crippen molar-refractivity contribution < 1.29 is 27.1 Å². The molecule has 3 N–H and O–H groups in total. The van der Waals surface area contributed by atoms with Crippen LogP contribution in [-0.4, -0.2) is 74.1 Å². The van der Waals surface area contributed by atoms with E-state index in [0.29, 0.717) is 52.3 Å². The number of alkyl halides is 4. The van der Waals surface area contributed by atoms with Crippen molar-refractivity contribution in [3.8, 4) is 17.6 Å². The predicted molar refractivity (Wildman–Crippen MR) is 153 cm³/mol. The lowest BCUT2D eigenvalue weighted by Gasteiger charge is -2.35. The summed E-state index contributed by atoms with van der Waals surface area (Å²) in [6.45, 7) is 3.81. The number of carbonyl (C=O) groups excluding carboxylic acids is 1. The maximum absolute atomic E-state index is 14.9. The van der Waals surface area contributed by atoms with E-state index >= 15 is 0 Å². The molecule has 41 heavy (non-hydrogen) atoms. The number of aromatic nitrogens is 1. The number of ether oxygens (including phenoxy) is 1. The zero-order chi connectivity index (χ0) is 29.6. The standard InChI is InChI=1S/C30H35F4N5O2/c1-4-38-15-12-25(23(31)19-38)37-24-8-5-9-27-22(24)18-21(39(27)16-13-30(32,33)34)7-6-14-36-26-11-10-20(29(40)35-2)17-28(26)41-3/h5,8-11,17-18,23,25,36-37H,4,12-16,19H2,1-3H3,(H,35,40)/t23-,25+/m0/s1. The third kappa shape index (κ3) is 7.44. The Morgan fingerprint density at radius 3 is 2.66 bits per heavy atom. The summed E-state index contributed by atoms with van der Waals surface area (Å²) in [7, 11) is 3.03. The van der Waals surface area contributed by atoms with Crippen molar-refractivity contribution in [3.05, 3.63) is 53.7 Å². The number of halogens is 4. The number of benzene rings is 2. The second-order valence-corrected chi connectivity index (χ2v) is 9.88. The number of methoxy groups -OCH3 is 1. The predicted octanol–water partition coefficient (Wildman–Crippen LogP) is 5.27. The fourth-order valence-corrected chi connectivity index (χ4v) is 5.01. The van der Waals surface area contributed by atoms with Gasteiger partial charge < -0.3 is 30.2 Å². The molecule has 1 saturated heterocycles. The minimum Gasteiger partial charge on any atom is -0.495 e. The molecule has 0 unspecified atom stereocenters. The first-order valence-corrected chi connectivity index (χ1v) is 13.6. The summed E-state index contributed by atoms with van der Waals surface area (Å²) in [5.74, 6) is 6.20. The molecule has 0 radical (unpaired) electrons. The van der Waals surface area contributed by atoms with Crippen molar-refractivity contribution in [2.24, 2.45) is 0 Å². The van der Waals surface area contributed by atoms with E-state index in [9.17, 15) is 22.4 Å². The molecule has 1 aliphatic heterocycles. The van der Waals surface area contributed by atoms with Gasteiger partial charge in [-0.05, 0) is 55.3 Å². The first-order chi connectivity index (χ1) is 19.6. The Morgan fingerprint density at radius 1 is 1.17 bits per heavy atom. The average molecular weight is 574 g/mol. The molecule has 2 aromatic carbocycles. The maximum atomic E-state index is 14.9. The van der Waals surface area contributed by atoms with Gasteiger partial charge in [-0.1, -0.05) is 18.9 Å². The van der Waals surface area contributed by atoms with Gasteiger partial charge in [-0.3, -0.25) is 4.79 Å². The highest BCUT2D eigenvalue weighted by atomic mass is 19.4. The molecule has 0 saturated carbocycles. The number of anilines is 2. The number of hydrogen-bond donors (Lipinski definition) is 3. The summed E-state index contributed by atoms with van der Waals surface area (Å²) in [5, 5.41) is 9.69.